The zero-order valence-corrected chi connectivity index (χ0v) is 15.7. The fourth-order valence-corrected chi connectivity index (χ4v) is 4.14. The van der Waals surface area contributed by atoms with Crippen molar-refractivity contribution in [2.75, 3.05) is 39.0 Å². The van der Waals surface area contributed by atoms with Crippen LogP contribution in [0.15, 0.2) is 24.3 Å². The largest absolute Gasteiger partial charge is 0.468 e. The van der Waals surface area contributed by atoms with Crippen LogP contribution in [0.25, 0.3) is 0 Å². The Kier molecular flexibility index (Phi) is 7.25. The summed E-state index contributed by atoms with van der Waals surface area (Å²) in [5.41, 5.74) is 0.917. The van der Waals surface area contributed by atoms with Gasteiger partial charge in [-0.2, -0.15) is 0 Å². The normalized spacial score (nSPS) is 17.4. The Balaban J connectivity index is 2.05. The lowest BCUT2D eigenvalue weighted by Gasteiger charge is -2.28. The summed E-state index contributed by atoms with van der Waals surface area (Å²) >= 11 is 1.67. The van der Waals surface area contributed by atoms with E-state index in [-0.39, 0.29) is 36.2 Å². The molecule has 0 spiro atoms. The minimum atomic E-state index is -0.348. The molecule has 1 aromatic rings. The molecule has 1 amide bonds. The molecule has 1 fully saturated rings. The van der Waals surface area contributed by atoms with Gasteiger partial charge in [0, 0.05) is 18.8 Å². The number of benzene rings is 1. The molecule has 0 saturated carbocycles. The highest BCUT2D eigenvalue weighted by Gasteiger charge is 2.31. The summed E-state index contributed by atoms with van der Waals surface area (Å²) in [4.78, 5) is 28.0. The molecule has 1 heterocycles. The van der Waals surface area contributed by atoms with Crippen LogP contribution in [0.3, 0.4) is 0 Å². The van der Waals surface area contributed by atoms with Gasteiger partial charge >= 0.3 is 5.97 Å². The first-order valence-electron chi connectivity index (χ1n) is 8.36. The fourth-order valence-electron chi connectivity index (χ4n) is 2.86. The quantitative estimate of drug-likeness (QED) is 0.692. The van der Waals surface area contributed by atoms with E-state index in [1.54, 1.807) is 23.9 Å². The van der Waals surface area contributed by atoms with Crippen LogP contribution in [0.1, 0.15) is 24.8 Å². The molecule has 2 rings (SSSR count). The molecule has 0 radical (unpaired) electrons. The van der Waals surface area contributed by atoms with E-state index in [1.807, 2.05) is 23.6 Å². The minimum absolute atomic E-state index is 0.0242. The van der Waals surface area contributed by atoms with Crippen molar-refractivity contribution in [1.29, 1.82) is 0 Å². The number of hydrogen-bond donors (Lipinski definition) is 0. The number of halogens is 1. The number of amides is 1. The first-order valence-corrected chi connectivity index (χ1v) is 9.41. The van der Waals surface area contributed by atoms with Crippen molar-refractivity contribution in [1.82, 2.24) is 9.80 Å². The Morgan fingerprint density at radius 2 is 2.00 bits per heavy atom. The van der Waals surface area contributed by atoms with Crippen LogP contribution in [-0.2, 0) is 14.3 Å². The van der Waals surface area contributed by atoms with Gasteiger partial charge in [-0.25, -0.2) is 4.39 Å². The number of esters is 1. The van der Waals surface area contributed by atoms with Gasteiger partial charge in [-0.15, -0.1) is 11.8 Å². The fraction of sp³-hybridized carbons (Fsp3) is 0.556. The third-order valence-corrected chi connectivity index (χ3v) is 5.19. The zero-order valence-electron chi connectivity index (χ0n) is 14.9. The molecule has 1 aliphatic rings. The molecule has 1 aromatic carbocycles. The van der Waals surface area contributed by atoms with Crippen LogP contribution in [0.2, 0.25) is 0 Å². The third kappa shape index (κ3) is 5.71. The standard InChI is InChI=1S/C18H25FN2O3S/c1-13(2)10-20(12-17(23)24-3)11-16(22)21-8-9-25-18(21)14-4-6-15(19)7-5-14/h4-7,13,18H,8-12H2,1-3H3/t18-/m1/s1. The lowest BCUT2D eigenvalue weighted by molar-refractivity contribution is -0.143. The summed E-state index contributed by atoms with van der Waals surface area (Å²) < 4.78 is 17.9. The second kappa shape index (κ2) is 9.20. The predicted octanol–water partition coefficient (Wildman–Crippen LogP) is 2.53. The van der Waals surface area contributed by atoms with Crippen molar-refractivity contribution in [3.05, 3.63) is 35.6 Å². The van der Waals surface area contributed by atoms with E-state index in [1.165, 1.54) is 19.2 Å². The van der Waals surface area contributed by atoms with E-state index in [4.69, 9.17) is 4.74 Å². The Labute approximate surface area is 152 Å². The van der Waals surface area contributed by atoms with Gasteiger partial charge in [0.25, 0.3) is 0 Å². The maximum atomic E-state index is 13.1. The van der Waals surface area contributed by atoms with E-state index in [0.29, 0.717) is 19.0 Å². The molecular formula is C18H25FN2O3S. The third-order valence-electron chi connectivity index (χ3n) is 3.93. The van der Waals surface area contributed by atoms with Crippen molar-refractivity contribution in [2.24, 2.45) is 5.92 Å². The molecule has 1 aliphatic heterocycles. The van der Waals surface area contributed by atoms with Crippen molar-refractivity contribution in [2.45, 2.75) is 19.2 Å². The van der Waals surface area contributed by atoms with Gasteiger partial charge in [0.05, 0.1) is 20.2 Å². The zero-order chi connectivity index (χ0) is 18.4. The van der Waals surface area contributed by atoms with Crippen LogP contribution in [0.4, 0.5) is 4.39 Å². The van der Waals surface area contributed by atoms with Crippen molar-refractivity contribution in [3.8, 4) is 0 Å². The molecule has 0 aromatic heterocycles. The van der Waals surface area contributed by atoms with Gasteiger partial charge in [0.2, 0.25) is 5.91 Å². The van der Waals surface area contributed by atoms with Gasteiger partial charge in [0.15, 0.2) is 0 Å². The van der Waals surface area contributed by atoms with Gasteiger partial charge < -0.3 is 9.64 Å². The van der Waals surface area contributed by atoms with Crippen LogP contribution < -0.4 is 0 Å². The van der Waals surface area contributed by atoms with Gasteiger partial charge in [-0.1, -0.05) is 26.0 Å². The summed E-state index contributed by atoms with van der Waals surface area (Å²) in [6.07, 6.45) is 0. The Bertz CT molecular complexity index is 594. The van der Waals surface area contributed by atoms with E-state index in [9.17, 15) is 14.0 Å². The van der Waals surface area contributed by atoms with Crippen LogP contribution >= 0.6 is 11.8 Å². The topological polar surface area (TPSA) is 49.9 Å². The molecule has 0 aliphatic carbocycles. The first-order chi connectivity index (χ1) is 11.9. The number of carbonyl (C=O) groups is 2. The molecule has 5 nitrogen and oxygen atoms in total. The molecule has 0 N–H and O–H groups in total. The smallest absolute Gasteiger partial charge is 0.319 e. The van der Waals surface area contributed by atoms with E-state index in [2.05, 4.69) is 0 Å². The van der Waals surface area contributed by atoms with Gasteiger partial charge in [-0.05, 0) is 23.6 Å². The Hall–Kier alpha value is -1.60. The number of rotatable bonds is 7. The van der Waals surface area contributed by atoms with E-state index >= 15 is 0 Å². The number of ether oxygens (including phenoxy) is 1. The molecule has 1 saturated heterocycles. The molecule has 1 atom stereocenters. The maximum absolute atomic E-state index is 13.1. The first kappa shape index (κ1) is 19.7. The molecule has 7 heteroatoms. The van der Waals surface area contributed by atoms with Crippen molar-refractivity contribution in [3.63, 3.8) is 0 Å². The minimum Gasteiger partial charge on any atom is -0.468 e. The van der Waals surface area contributed by atoms with Gasteiger partial charge in [-0.3, -0.25) is 14.5 Å². The lowest BCUT2D eigenvalue weighted by Crippen LogP contribution is -2.43. The van der Waals surface area contributed by atoms with Gasteiger partial charge in [0.1, 0.15) is 11.2 Å². The monoisotopic (exact) mass is 368 g/mol. The average molecular weight is 368 g/mol. The summed E-state index contributed by atoms with van der Waals surface area (Å²) in [6.45, 7) is 5.65. The highest BCUT2D eigenvalue weighted by Crippen LogP contribution is 2.37. The number of hydrogen-bond acceptors (Lipinski definition) is 5. The maximum Gasteiger partial charge on any atom is 0.319 e. The van der Waals surface area contributed by atoms with Crippen molar-refractivity contribution < 1.29 is 18.7 Å². The molecule has 0 bridgehead atoms. The number of nitrogens with zero attached hydrogens (tertiary/aromatic N) is 2. The highest BCUT2D eigenvalue weighted by atomic mass is 32.2. The summed E-state index contributed by atoms with van der Waals surface area (Å²) in [5.74, 6) is 0.516. The van der Waals surface area contributed by atoms with Crippen molar-refractivity contribution >= 4 is 23.6 Å². The average Bonchev–Trinajstić information content (AvgIpc) is 3.04. The highest BCUT2D eigenvalue weighted by molar-refractivity contribution is 7.99. The van der Waals surface area contributed by atoms with E-state index in [0.717, 1.165) is 11.3 Å². The Morgan fingerprint density at radius 3 is 2.60 bits per heavy atom. The summed E-state index contributed by atoms with van der Waals surface area (Å²) in [5, 5.41) is -0.105. The second-order valence-corrected chi connectivity index (χ2v) is 7.69. The lowest BCUT2D eigenvalue weighted by atomic mass is 10.2. The van der Waals surface area contributed by atoms with Crippen LogP contribution in [-0.4, -0.2) is 60.7 Å². The summed E-state index contributed by atoms with van der Waals surface area (Å²) in [7, 11) is 1.35. The summed E-state index contributed by atoms with van der Waals surface area (Å²) in [6, 6.07) is 6.27. The van der Waals surface area contributed by atoms with Crippen LogP contribution in [0.5, 0.6) is 0 Å². The SMILES string of the molecule is COC(=O)CN(CC(=O)N1CCS[C@@H]1c1ccc(F)cc1)CC(C)C. The Morgan fingerprint density at radius 1 is 1.32 bits per heavy atom. The number of thioether (sulfide) groups is 1. The molecular weight excluding hydrogens is 343 g/mol. The molecule has 0 unspecified atom stereocenters. The molecule has 25 heavy (non-hydrogen) atoms. The predicted molar refractivity (Wildman–Crippen MR) is 96.6 cm³/mol. The number of methoxy groups -OCH3 is 1. The number of carbonyl (C=O) groups excluding carboxylic acids is 2. The van der Waals surface area contributed by atoms with E-state index < -0.39 is 0 Å². The second-order valence-electron chi connectivity index (χ2n) is 6.50. The molecule has 138 valence electrons. The van der Waals surface area contributed by atoms with Crippen LogP contribution in [0, 0.1) is 11.7 Å².